The molecule has 0 atom stereocenters. The molecule has 3 aromatic rings. The van der Waals surface area contributed by atoms with E-state index in [1.165, 1.54) is 41.9 Å². The highest BCUT2D eigenvalue weighted by atomic mass is 32.2. The predicted molar refractivity (Wildman–Crippen MR) is 74.2 cm³/mol. The molecule has 0 saturated carbocycles. The smallest absolute Gasteiger partial charge is 0.263 e. The van der Waals surface area contributed by atoms with E-state index in [4.69, 9.17) is 0 Å². The Hall–Kier alpha value is -2.88. The number of hydrogen-bond acceptors (Lipinski definition) is 6. The normalized spacial score (nSPS) is 11.3. The van der Waals surface area contributed by atoms with Gasteiger partial charge in [-0.25, -0.2) is 32.4 Å². The molecule has 0 fully saturated rings. The van der Waals surface area contributed by atoms with Crippen molar-refractivity contribution in [1.82, 2.24) is 24.7 Å². The average Bonchev–Trinajstić information content (AvgIpc) is 3.01. The van der Waals surface area contributed by atoms with Crippen LogP contribution in [0.25, 0.3) is 5.82 Å². The lowest BCUT2D eigenvalue weighted by Crippen LogP contribution is -2.14. The van der Waals surface area contributed by atoms with Crippen LogP contribution in [0.15, 0.2) is 54.2 Å². The number of benzene rings is 1. The van der Waals surface area contributed by atoms with E-state index in [-0.39, 0.29) is 10.7 Å². The number of rotatable bonds is 4. The number of anilines is 1. The van der Waals surface area contributed by atoms with Crippen molar-refractivity contribution in [2.45, 2.75) is 4.90 Å². The average molecular weight is 320 g/mol. The summed E-state index contributed by atoms with van der Waals surface area (Å²) in [6, 6.07) is 6.05. The first-order chi connectivity index (χ1) is 10.5. The number of halogens is 1. The van der Waals surface area contributed by atoms with Crippen molar-refractivity contribution in [3.8, 4) is 5.82 Å². The van der Waals surface area contributed by atoms with Gasteiger partial charge in [0.1, 0.15) is 30.6 Å². The van der Waals surface area contributed by atoms with Crippen LogP contribution in [0.2, 0.25) is 0 Å². The standard InChI is InChI=1S/C12H9FN6O2S/c13-9-2-1-3-10(4-9)22(20,21)18-11-5-12(16-7-15-11)19-8-14-6-17-19/h1-8H,(H,15,16,18). The molecule has 22 heavy (non-hydrogen) atoms. The minimum absolute atomic E-state index is 0.0322. The Morgan fingerprint density at radius 3 is 2.73 bits per heavy atom. The van der Waals surface area contributed by atoms with Gasteiger partial charge in [-0.1, -0.05) is 6.07 Å². The van der Waals surface area contributed by atoms with Gasteiger partial charge >= 0.3 is 0 Å². The van der Waals surface area contributed by atoms with Gasteiger partial charge in [-0.15, -0.1) is 0 Å². The summed E-state index contributed by atoms with van der Waals surface area (Å²) in [7, 11) is -3.95. The van der Waals surface area contributed by atoms with Crippen molar-refractivity contribution in [2.75, 3.05) is 4.72 Å². The van der Waals surface area contributed by atoms with E-state index in [2.05, 4.69) is 24.8 Å². The maximum Gasteiger partial charge on any atom is 0.263 e. The molecule has 1 N–H and O–H groups in total. The van der Waals surface area contributed by atoms with Gasteiger partial charge in [0.25, 0.3) is 10.0 Å². The zero-order valence-electron chi connectivity index (χ0n) is 11.0. The second-order valence-corrected chi connectivity index (χ2v) is 5.85. The molecule has 0 aliphatic rings. The topological polar surface area (TPSA) is 103 Å². The zero-order chi connectivity index (χ0) is 15.6. The first kappa shape index (κ1) is 14.1. The van der Waals surface area contributed by atoms with Crippen LogP contribution in [0.4, 0.5) is 10.2 Å². The summed E-state index contributed by atoms with van der Waals surface area (Å²) >= 11 is 0. The summed E-state index contributed by atoms with van der Waals surface area (Å²) in [5, 5.41) is 3.88. The quantitative estimate of drug-likeness (QED) is 0.769. The molecule has 0 aliphatic carbocycles. The zero-order valence-corrected chi connectivity index (χ0v) is 11.8. The maximum absolute atomic E-state index is 13.1. The van der Waals surface area contributed by atoms with Gasteiger partial charge in [0, 0.05) is 6.07 Å². The summed E-state index contributed by atoms with van der Waals surface area (Å²) in [5.41, 5.74) is 0. The highest BCUT2D eigenvalue weighted by molar-refractivity contribution is 7.92. The number of nitrogens with one attached hydrogen (secondary N) is 1. The summed E-state index contributed by atoms with van der Waals surface area (Å²) < 4.78 is 41.1. The molecule has 0 radical (unpaired) electrons. The van der Waals surface area contributed by atoms with Crippen molar-refractivity contribution < 1.29 is 12.8 Å². The Bertz CT molecular complexity index is 897. The van der Waals surface area contributed by atoms with Crippen molar-refractivity contribution >= 4 is 15.8 Å². The molecule has 3 rings (SSSR count). The molecule has 0 aliphatic heterocycles. The van der Waals surface area contributed by atoms with Gasteiger partial charge in [0.2, 0.25) is 0 Å². The van der Waals surface area contributed by atoms with Gasteiger partial charge in [0.15, 0.2) is 5.82 Å². The van der Waals surface area contributed by atoms with E-state index < -0.39 is 15.8 Å². The van der Waals surface area contributed by atoms with Gasteiger partial charge < -0.3 is 0 Å². The van der Waals surface area contributed by atoms with Gasteiger partial charge in [-0.3, -0.25) is 4.72 Å². The van der Waals surface area contributed by atoms with E-state index in [0.29, 0.717) is 5.82 Å². The van der Waals surface area contributed by atoms with Crippen LogP contribution in [0.3, 0.4) is 0 Å². The molecular formula is C12H9FN6O2S. The summed E-state index contributed by atoms with van der Waals surface area (Å²) in [5.74, 6) is -0.275. The highest BCUT2D eigenvalue weighted by Gasteiger charge is 2.16. The summed E-state index contributed by atoms with van der Waals surface area (Å²) in [4.78, 5) is 11.3. The third kappa shape index (κ3) is 2.91. The van der Waals surface area contributed by atoms with Crippen LogP contribution < -0.4 is 4.72 Å². The number of hydrogen-bond donors (Lipinski definition) is 1. The Morgan fingerprint density at radius 2 is 2.00 bits per heavy atom. The van der Waals surface area contributed by atoms with E-state index in [9.17, 15) is 12.8 Å². The lowest BCUT2D eigenvalue weighted by molar-refractivity contribution is 0.595. The number of aromatic nitrogens is 5. The molecule has 0 saturated heterocycles. The lowest BCUT2D eigenvalue weighted by Gasteiger charge is -2.08. The largest absolute Gasteiger partial charge is 0.263 e. The second-order valence-electron chi connectivity index (χ2n) is 4.16. The Morgan fingerprint density at radius 1 is 1.14 bits per heavy atom. The van der Waals surface area contributed by atoms with Crippen molar-refractivity contribution in [3.05, 3.63) is 55.1 Å². The van der Waals surface area contributed by atoms with Crippen LogP contribution in [0, 0.1) is 5.82 Å². The predicted octanol–water partition coefficient (Wildman–Crippen LogP) is 0.997. The Balaban J connectivity index is 1.91. The summed E-state index contributed by atoms with van der Waals surface area (Å²) in [6.45, 7) is 0. The molecule has 1 aromatic carbocycles. The number of nitrogens with zero attached hydrogens (tertiary/aromatic N) is 5. The highest BCUT2D eigenvalue weighted by Crippen LogP contribution is 2.16. The monoisotopic (exact) mass is 320 g/mol. The van der Waals surface area contributed by atoms with Gasteiger partial charge in [-0.05, 0) is 18.2 Å². The first-order valence-electron chi connectivity index (χ1n) is 6.00. The minimum Gasteiger partial charge on any atom is -0.263 e. The Kier molecular flexibility index (Phi) is 3.51. The molecule has 0 bridgehead atoms. The minimum atomic E-state index is -3.95. The fourth-order valence-electron chi connectivity index (χ4n) is 1.69. The maximum atomic E-state index is 13.1. The molecule has 0 unspecified atom stereocenters. The van der Waals surface area contributed by atoms with Gasteiger partial charge in [0.05, 0.1) is 4.90 Å². The third-order valence-electron chi connectivity index (χ3n) is 2.65. The number of sulfonamides is 1. The molecule has 2 aromatic heterocycles. The van der Waals surface area contributed by atoms with Crippen LogP contribution in [0.5, 0.6) is 0 Å². The van der Waals surface area contributed by atoms with Crippen molar-refractivity contribution in [3.63, 3.8) is 0 Å². The van der Waals surface area contributed by atoms with Crippen LogP contribution in [-0.4, -0.2) is 33.2 Å². The van der Waals surface area contributed by atoms with Crippen molar-refractivity contribution in [1.29, 1.82) is 0 Å². The molecule has 2 heterocycles. The van der Waals surface area contributed by atoms with E-state index in [1.54, 1.807) is 0 Å². The first-order valence-corrected chi connectivity index (χ1v) is 7.48. The van der Waals surface area contributed by atoms with Crippen LogP contribution in [-0.2, 0) is 10.0 Å². The molecule has 10 heteroatoms. The van der Waals surface area contributed by atoms with Crippen LogP contribution >= 0.6 is 0 Å². The van der Waals surface area contributed by atoms with Crippen LogP contribution in [0.1, 0.15) is 0 Å². The fourth-order valence-corrected chi connectivity index (χ4v) is 2.72. The molecule has 8 nitrogen and oxygen atoms in total. The van der Waals surface area contributed by atoms with E-state index in [1.807, 2.05) is 0 Å². The van der Waals surface area contributed by atoms with E-state index >= 15 is 0 Å². The van der Waals surface area contributed by atoms with Crippen molar-refractivity contribution in [2.24, 2.45) is 0 Å². The Labute approximate surface area is 124 Å². The molecule has 112 valence electrons. The molecule has 0 amide bonds. The molecular weight excluding hydrogens is 311 g/mol. The lowest BCUT2D eigenvalue weighted by atomic mass is 10.4. The fraction of sp³-hybridized carbons (Fsp3) is 0. The summed E-state index contributed by atoms with van der Waals surface area (Å²) in [6.07, 6.45) is 3.91. The third-order valence-corrected chi connectivity index (χ3v) is 4.00. The van der Waals surface area contributed by atoms with Gasteiger partial charge in [-0.2, -0.15) is 5.10 Å². The second kappa shape index (κ2) is 5.48. The van der Waals surface area contributed by atoms with E-state index in [0.717, 1.165) is 12.1 Å². The molecule has 0 spiro atoms. The SMILES string of the molecule is O=S(=O)(Nc1cc(-n2cncn2)ncn1)c1cccc(F)c1.